The first-order valence-corrected chi connectivity index (χ1v) is 12.9. The van der Waals surface area contributed by atoms with Crippen molar-refractivity contribution in [3.8, 4) is 11.5 Å². The second-order valence-electron chi connectivity index (χ2n) is 8.84. The van der Waals surface area contributed by atoms with E-state index in [4.69, 9.17) is 23.7 Å². The van der Waals surface area contributed by atoms with Crippen LogP contribution in [-0.2, 0) is 24.6 Å². The summed E-state index contributed by atoms with van der Waals surface area (Å²) in [7, 11) is 3.05. The van der Waals surface area contributed by atoms with Crippen LogP contribution in [0.1, 0.15) is 58.1 Å². The average molecular weight is 519 g/mol. The number of carbonyl (C=O) groups excluding carboxylic acids is 1. The standard InChI is InChI=1S/C29H42O8/c1-7-11-21(8-2)20-37-26(30)29(32,27(35-9-3)36-10-4)28(31,22-12-16-24(33-5)17-13-22)23-14-18-25(34-6)19-15-23/h12-19,21,27,31-32H,7-11,20H2,1-6H3. The molecule has 2 aromatic rings. The van der Waals surface area contributed by atoms with E-state index in [1.807, 2.05) is 6.92 Å². The second-order valence-corrected chi connectivity index (χ2v) is 8.84. The lowest BCUT2D eigenvalue weighted by molar-refractivity contribution is -0.284. The largest absolute Gasteiger partial charge is 0.497 e. The molecule has 0 aromatic heterocycles. The van der Waals surface area contributed by atoms with E-state index in [1.54, 1.807) is 62.4 Å². The summed E-state index contributed by atoms with van der Waals surface area (Å²) in [6.07, 6.45) is 1.07. The third-order valence-electron chi connectivity index (χ3n) is 6.58. The van der Waals surface area contributed by atoms with Gasteiger partial charge in [0.25, 0.3) is 5.60 Å². The molecule has 0 saturated heterocycles. The van der Waals surface area contributed by atoms with Gasteiger partial charge in [-0.2, -0.15) is 0 Å². The summed E-state index contributed by atoms with van der Waals surface area (Å²) in [5, 5.41) is 24.9. The van der Waals surface area contributed by atoms with E-state index >= 15 is 0 Å². The van der Waals surface area contributed by atoms with Gasteiger partial charge in [-0.05, 0) is 61.6 Å². The molecule has 0 fully saturated rings. The van der Waals surface area contributed by atoms with Gasteiger partial charge in [0.15, 0.2) is 5.60 Å². The van der Waals surface area contributed by atoms with Crippen molar-refractivity contribution < 1.29 is 38.7 Å². The summed E-state index contributed by atoms with van der Waals surface area (Å²) in [5.41, 5.74) is -4.55. The summed E-state index contributed by atoms with van der Waals surface area (Å²) in [6, 6.07) is 12.9. The lowest BCUT2D eigenvalue weighted by Crippen LogP contribution is -2.66. The Kier molecular flexibility index (Phi) is 11.8. The number of ether oxygens (including phenoxy) is 5. The Balaban J connectivity index is 2.76. The molecule has 0 aliphatic heterocycles. The van der Waals surface area contributed by atoms with Crippen molar-refractivity contribution in [2.24, 2.45) is 5.92 Å². The van der Waals surface area contributed by atoms with Crippen LogP contribution in [0.4, 0.5) is 0 Å². The normalized spacial score (nSPS) is 14.2. The highest BCUT2D eigenvalue weighted by atomic mass is 16.7. The smallest absolute Gasteiger partial charge is 0.347 e. The molecule has 0 aliphatic carbocycles. The molecule has 2 rings (SSSR count). The zero-order valence-corrected chi connectivity index (χ0v) is 22.9. The van der Waals surface area contributed by atoms with Crippen LogP contribution in [0.3, 0.4) is 0 Å². The van der Waals surface area contributed by atoms with Crippen LogP contribution in [0.5, 0.6) is 11.5 Å². The Bertz CT molecular complexity index is 890. The van der Waals surface area contributed by atoms with Crippen molar-refractivity contribution in [2.45, 2.75) is 64.4 Å². The molecule has 2 aromatic carbocycles. The van der Waals surface area contributed by atoms with Crippen molar-refractivity contribution in [3.05, 3.63) is 59.7 Å². The van der Waals surface area contributed by atoms with Gasteiger partial charge in [0.1, 0.15) is 11.5 Å². The minimum absolute atomic E-state index is 0.0950. The van der Waals surface area contributed by atoms with Gasteiger partial charge in [0, 0.05) is 13.2 Å². The van der Waals surface area contributed by atoms with Crippen molar-refractivity contribution in [1.29, 1.82) is 0 Å². The third-order valence-corrected chi connectivity index (χ3v) is 6.58. The fourth-order valence-corrected chi connectivity index (χ4v) is 4.39. The number of esters is 1. The molecule has 0 saturated carbocycles. The molecular formula is C29H42O8. The zero-order valence-electron chi connectivity index (χ0n) is 22.9. The van der Waals surface area contributed by atoms with E-state index in [9.17, 15) is 15.0 Å². The predicted molar refractivity (Wildman–Crippen MR) is 141 cm³/mol. The maximum absolute atomic E-state index is 13.9. The molecule has 0 amide bonds. The van der Waals surface area contributed by atoms with E-state index in [1.165, 1.54) is 14.2 Å². The molecule has 37 heavy (non-hydrogen) atoms. The highest BCUT2D eigenvalue weighted by molar-refractivity contribution is 5.83. The van der Waals surface area contributed by atoms with Gasteiger partial charge in [0.2, 0.25) is 6.29 Å². The number of methoxy groups -OCH3 is 2. The number of rotatable bonds is 16. The monoisotopic (exact) mass is 518 g/mol. The van der Waals surface area contributed by atoms with Crippen LogP contribution < -0.4 is 9.47 Å². The first-order valence-electron chi connectivity index (χ1n) is 12.9. The molecular weight excluding hydrogens is 476 g/mol. The SMILES string of the molecule is CCCC(CC)COC(=O)C(O)(C(OCC)OCC)C(O)(c1ccc(OC)cc1)c1ccc(OC)cc1. The summed E-state index contributed by atoms with van der Waals surface area (Å²) < 4.78 is 27.7. The van der Waals surface area contributed by atoms with Crippen molar-refractivity contribution >= 4 is 5.97 Å². The average Bonchev–Trinajstić information content (AvgIpc) is 2.94. The quantitative estimate of drug-likeness (QED) is 0.248. The van der Waals surface area contributed by atoms with E-state index in [0.717, 1.165) is 19.3 Å². The molecule has 0 bridgehead atoms. The fourth-order valence-electron chi connectivity index (χ4n) is 4.39. The lowest BCUT2D eigenvalue weighted by atomic mass is 9.72. The van der Waals surface area contributed by atoms with Gasteiger partial charge in [-0.1, -0.05) is 51.0 Å². The Morgan fingerprint density at radius 3 is 1.62 bits per heavy atom. The third kappa shape index (κ3) is 6.62. The second kappa shape index (κ2) is 14.3. The van der Waals surface area contributed by atoms with Crippen LogP contribution in [-0.4, -0.2) is 62.1 Å². The van der Waals surface area contributed by atoms with Crippen molar-refractivity contribution in [1.82, 2.24) is 0 Å². The molecule has 8 nitrogen and oxygen atoms in total. The Hall–Kier alpha value is -2.65. The zero-order chi connectivity index (χ0) is 27.5. The van der Waals surface area contributed by atoms with Gasteiger partial charge in [0.05, 0.1) is 20.8 Å². The number of hydrogen-bond donors (Lipinski definition) is 2. The predicted octanol–water partition coefficient (Wildman–Crippen LogP) is 4.44. The highest BCUT2D eigenvalue weighted by Crippen LogP contribution is 2.44. The van der Waals surface area contributed by atoms with E-state index < -0.39 is 23.5 Å². The molecule has 2 unspecified atom stereocenters. The van der Waals surface area contributed by atoms with E-state index in [2.05, 4.69) is 6.92 Å². The van der Waals surface area contributed by atoms with Gasteiger partial charge in [-0.25, -0.2) is 4.79 Å². The Labute approximate surface area is 220 Å². The van der Waals surface area contributed by atoms with Crippen LogP contribution in [0.2, 0.25) is 0 Å². The van der Waals surface area contributed by atoms with Gasteiger partial charge < -0.3 is 33.9 Å². The van der Waals surface area contributed by atoms with Crippen LogP contribution >= 0.6 is 0 Å². The van der Waals surface area contributed by atoms with Gasteiger partial charge >= 0.3 is 5.97 Å². The van der Waals surface area contributed by atoms with Crippen LogP contribution in [0.15, 0.2) is 48.5 Å². The molecule has 0 spiro atoms. The lowest BCUT2D eigenvalue weighted by Gasteiger charge is -2.45. The Morgan fingerprint density at radius 2 is 1.27 bits per heavy atom. The molecule has 206 valence electrons. The minimum atomic E-state index is -2.67. The van der Waals surface area contributed by atoms with Crippen LogP contribution in [0, 0.1) is 5.92 Å². The number of carbonyl (C=O) groups is 1. The molecule has 8 heteroatoms. The van der Waals surface area contributed by atoms with Gasteiger partial charge in [-0.3, -0.25) is 0 Å². The molecule has 0 heterocycles. The van der Waals surface area contributed by atoms with E-state index in [0.29, 0.717) is 11.5 Å². The summed E-state index contributed by atoms with van der Waals surface area (Å²) in [6.45, 7) is 7.85. The fraction of sp³-hybridized carbons (Fsp3) is 0.552. The Morgan fingerprint density at radius 1 is 0.811 bits per heavy atom. The first-order chi connectivity index (χ1) is 17.8. The number of hydrogen-bond acceptors (Lipinski definition) is 8. The minimum Gasteiger partial charge on any atom is -0.497 e. The molecule has 0 aliphatic rings. The summed E-state index contributed by atoms with van der Waals surface area (Å²) in [5.74, 6) is 0.168. The van der Waals surface area contributed by atoms with Crippen LogP contribution in [0.25, 0.3) is 0 Å². The molecule has 0 radical (unpaired) electrons. The first kappa shape index (κ1) is 30.6. The van der Waals surface area contributed by atoms with Gasteiger partial charge in [-0.15, -0.1) is 0 Å². The maximum atomic E-state index is 13.9. The molecule has 2 N–H and O–H groups in total. The molecule has 2 atom stereocenters. The maximum Gasteiger partial charge on any atom is 0.347 e. The summed E-state index contributed by atoms with van der Waals surface area (Å²) in [4.78, 5) is 13.9. The van der Waals surface area contributed by atoms with Crippen molar-refractivity contribution in [3.63, 3.8) is 0 Å². The van der Waals surface area contributed by atoms with E-state index in [-0.39, 0.29) is 36.9 Å². The summed E-state index contributed by atoms with van der Waals surface area (Å²) >= 11 is 0. The number of benzene rings is 2. The topological polar surface area (TPSA) is 104 Å². The number of aliphatic hydroxyl groups is 2. The van der Waals surface area contributed by atoms with Crippen molar-refractivity contribution in [2.75, 3.05) is 34.0 Å². The highest BCUT2D eigenvalue weighted by Gasteiger charge is 2.64.